The first-order valence-electron chi connectivity index (χ1n) is 11.0. The van der Waals surface area contributed by atoms with Crippen molar-refractivity contribution in [1.29, 1.82) is 0 Å². The van der Waals surface area contributed by atoms with Gasteiger partial charge in [0.2, 0.25) is 5.91 Å². The van der Waals surface area contributed by atoms with Gasteiger partial charge in [-0.15, -0.1) is 0 Å². The molecule has 2 aromatic rings. The van der Waals surface area contributed by atoms with Crippen LogP contribution in [0.2, 0.25) is 0 Å². The van der Waals surface area contributed by atoms with E-state index in [0.29, 0.717) is 31.6 Å². The number of likely N-dealkylation sites (tertiary alicyclic amines) is 1. The van der Waals surface area contributed by atoms with Crippen molar-refractivity contribution in [3.05, 3.63) is 65.5 Å². The Hall–Kier alpha value is -2.93. The lowest BCUT2D eigenvalue weighted by Crippen LogP contribution is -2.62. The number of carbonyl (C=O) groups excluding carboxylic acids is 2. The number of rotatable bonds is 5. The molecular formula is C25H30FN3O3. The second-order valence-corrected chi connectivity index (χ2v) is 9.75. The molecule has 4 rings (SSSR count). The van der Waals surface area contributed by atoms with Crippen molar-refractivity contribution in [2.24, 2.45) is 5.92 Å². The number of nitrogens with zero attached hydrogens (tertiary/aromatic N) is 1. The minimum Gasteiger partial charge on any atom is -0.489 e. The van der Waals surface area contributed by atoms with Crippen LogP contribution < -0.4 is 15.4 Å². The largest absolute Gasteiger partial charge is 0.489 e. The van der Waals surface area contributed by atoms with Gasteiger partial charge in [-0.25, -0.2) is 4.39 Å². The van der Waals surface area contributed by atoms with Gasteiger partial charge in [0.25, 0.3) is 5.91 Å². The molecule has 1 fully saturated rings. The Balaban J connectivity index is 1.53. The van der Waals surface area contributed by atoms with E-state index in [0.717, 1.165) is 5.56 Å². The molecule has 0 saturated carbocycles. The van der Waals surface area contributed by atoms with E-state index in [4.69, 9.17) is 4.74 Å². The van der Waals surface area contributed by atoms with Crippen molar-refractivity contribution in [3.63, 3.8) is 0 Å². The van der Waals surface area contributed by atoms with Crippen molar-refractivity contribution in [2.45, 2.75) is 38.3 Å². The van der Waals surface area contributed by atoms with E-state index in [1.807, 2.05) is 45.0 Å². The maximum Gasteiger partial charge on any atom is 0.252 e. The predicted octanol–water partition coefficient (Wildman–Crippen LogP) is 2.78. The zero-order valence-corrected chi connectivity index (χ0v) is 18.8. The van der Waals surface area contributed by atoms with Crippen molar-refractivity contribution in [1.82, 2.24) is 15.5 Å². The molecule has 32 heavy (non-hydrogen) atoms. The number of ether oxygens (including phenoxy) is 1. The number of fused-ring (bicyclic) bond motifs is 1. The average Bonchev–Trinajstić information content (AvgIpc) is 3.05. The molecule has 2 aliphatic heterocycles. The second kappa shape index (κ2) is 8.54. The zero-order valence-electron chi connectivity index (χ0n) is 18.8. The van der Waals surface area contributed by atoms with Crippen molar-refractivity contribution < 1.29 is 18.7 Å². The Kier molecular flexibility index (Phi) is 5.95. The van der Waals surface area contributed by atoms with E-state index < -0.39 is 17.3 Å². The summed E-state index contributed by atoms with van der Waals surface area (Å²) in [5.74, 6) is -0.820. The SMILES string of the molecule is CC(C)(C)NC(=O)[C@@H]1CN(CCOc2ccccc2F)C[C@]12Cc1ccccc1C(=O)N2. The van der Waals surface area contributed by atoms with Gasteiger partial charge in [-0.1, -0.05) is 30.3 Å². The normalized spacial score (nSPS) is 23.0. The third kappa shape index (κ3) is 4.63. The Bertz CT molecular complexity index is 1020. The predicted molar refractivity (Wildman–Crippen MR) is 120 cm³/mol. The van der Waals surface area contributed by atoms with Gasteiger partial charge in [-0.05, 0) is 51.0 Å². The average molecular weight is 440 g/mol. The molecule has 2 atom stereocenters. The van der Waals surface area contributed by atoms with Crippen LogP contribution in [-0.2, 0) is 11.2 Å². The van der Waals surface area contributed by atoms with Crippen LogP contribution in [-0.4, -0.2) is 54.0 Å². The van der Waals surface area contributed by atoms with Crippen molar-refractivity contribution >= 4 is 11.8 Å². The summed E-state index contributed by atoms with van der Waals surface area (Å²) in [5, 5.41) is 6.25. The minimum atomic E-state index is -0.696. The molecule has 1 saturated heterocycles. The van der Waals surface area contributed by atoms with Crippen molar-refractivity contribution in [3.8, 4) is 5.75 Å². The fourth-order valence-corrected chi connectivity index (χ4v) is 4.69. The molecule has 0 unspecified atom stereocenters. The summed E-state index contributed by atoms with van der Waals surface area (Å²) in [5.41, 5.74) is 0.540. The summed E-state index contributed by atoms with van der Waals surface area (Å²) < 4.78 is 19.5. The Morgan fingerprint density at radius 3 is 2.69 bits per heavy atom. The van der Waals surface area contributed by atoms with Crippen LogP contribution in [0.15, 0.2) is 48.5 Å². The molecule has 6 nitrogen and oxygen atoms in total. The number of carbonyl (C=O) groups is 2. The summed E-state index contributed by atoms with van der Waals surface area (Å²) in [6, 6.07) is 13.8. The highest BCUT2D eigenvalue weighted by atomic mass is 19.1. The van der Waals surface area contributed by atoms with E-state index in [2.05, 4.69) is 15.5 Å². The second-order valence-electron chi connectivity index (χ2n) is 9.75. The molecule has 0 radical (unpaired) electrons. The van der Waals surface area contributed by atoms with E-state index >= 15 is 0 Å². The minimum absolute atomic E-state index is 0.0743. The fourth-order valence-electron chi connectivity index (χ4n) is 4.69. The van der Waals surface area contributed by atoms with Crippen LogP contribution in [0, 0.1) is 11.7 Å². The lowest BCUT2D eigenvalue weighted by atomic mass is 9.76. The number of halogens is 1. The maximum atomic E-state index is 13.8. The van der Waals surface area contributed by atoms with E-state index in [9.17, 15) is 14.0 Å². The monoisotopic (exact) mass is 439 g/mol. The molecule has 2 amide bonds. The van der Waals surface area contributed by atoms with Crippen molar-refractivity contribution in [2.75, 3.05) is 26.2 Å². The van der Waals surface area contributed by atoms with Crippen LogP contribution in [0.3, 0.4) is 0 Å². The van der Waals surface area contributed by atoms with Gasteiger partial charge in [0, 0.05) is 30.7 Å². The zero-order chi connectivity index (χ0) is 22.9. The molecule has 2 aromatic carbocycles. The molecule has 2 aliphatic rings. The van der Waals surface area contributed by atoms with E-state index in [1.54, 1.807) is 18.2 Å². The summed E-state index contributed by atoms with van der Waals surface area (Å²) in [6.45, 7) is 7.66. The van der Waals surface area contributed by atoms with Gasteiger partial charge in [0.1, 0.15) is 6.61 Å². The third-order valence-electron chi connectivity index (χ3n) is 6.06. The van der Waals surface area contributed by atoms with Crippen LogP contribution in [0.1, 0.15) is 36.7 Å². The number of hydrogen-bond acceptors (Lipinski definition) is 4. The number of amides is 2. The third-order valence-corrected chi connectivity index (χ3v) is 6.06. The first-order valence-corrected chi connectivity index (χ1v) is 11.0. The molecular weight excluding hydrogens is 409 g/mol. The number of nitrogens with one attached hydrogen (secondary N) is 2. The Morgan fingerprint density at radius 1 is 1.22 bits per heavy atom. The molecule has 0 aromatic heterocycles. The van der Waals surface area contributed by atoms with Gasteiger partial charge in [0.05, 0.1) is 11.5 Å². The summed E-state index contributed by atoms with van der Waals surface area (Å²) in [4.78, 5) is 28.3. The molecule has 170 valence electrons. The summed E-state index contributed by atoms with van der Waals surface area (Å²) in [6.07, 6.45) is 0.585. The number of para-hydroxylation sites is 1. The Labute approximate surface area is 188 Å². The number of hydrogen-bond donors (Lipinski definition) is 2. The maximum absolute atomic E-state index is 13.8. The molecule has 2 heterocycles. The van der Waals surface area contributed by atoms with Gasteiger partial charge in [-0.3, -0.25) is 14.5 Å². The highest BCUT2D eigenvalue weighted by molar-refractivity contribution is 5.98. The van der Waals surface area contributed by atoms with Gasteiger partial charge in [-0.2, -0.15) is 0 Å². The van der Waals surface area contributed by atoms with Crippen LogP contribution in [0.25, 0.3) is 0 Å². The van der Waals surface area contributed by atoms with Crippen LogP contribution in [0.4, 0.5) is 4.39 Å². The smallest absolute Gasteiger partial charge is 0.252 e. The quantitative estimate of drug-likeness (QED) is 0.752. The topological polar surface area (TPSA) is 70.7 Å². The molecule has 2 N–H and O–H groups in total. The number of benzene rings is 2. The van der Waals surface area contributed by atoms with Crippen LogP contribution >= 0.6 is 0 Å². The van der Waals surface area contributed by atoms with E-state index in [-0.39, 0.29) is 29.7 Å². The standard InChI is InChI=1S/C25H30FN3O3/c1-24(2,3)27-23(31)19-15-29(12-13-32-21-11-7-6-10-20(21)26)16-25(19)14-17-8-4-5-9-18(17)22(30)28-25/h4-11,19H,12-16H2,1-3H3,(H,27,31)(H,28,30)/t19-,25+/m0/s1. The van der Waals surface area contributed by atoms with Gasteiger partial charge < -0.3 is 15.4 Å². The lowest BCUT2D eigenvalue weighted by Gasteiger charge is -2.40. The lowest BCUT2D eigenvalue weighted by molar-refractivity contribution is -0.127. The Morgan fingerprint density at radius 2 is 1.94 bits per heavy atom. The van der Waals surface area contributed by atoms with Crippen LogP contribution in [0.5, 0.6) is 5.75 Å². The van der Waals surface area contributed by atoms with E-state index in [1.165, 1.54) is 6.07 Å². The van der Waals surface area contributed by atoms with Gasteiger partial charge >= 0.3 is 0 Å². The molecule has 7 heteroatoms. The molecule has 0 bridgehead atoms. The summed E-state index contributed by atoms with van der Waals surface area (Å²) in [7, 11) is 0. The van der Waals surface area contributed by atoms with Gasteiger partial charge in [0.15, 0.2) is 11.6 Å². The highest BCUT2D eigenvalue weighted by Crippen LogP contribution is 2.36. The first kappa shape index (κ1) is 22.3. The highest BCUT2D eigenvalue weighted by Gasteiger charge is 2.53. The fraction of sp³-hybridized carbons (Fsp3) is 0.440. The first-order chi connectivity index (χ1) is 15.2. The summed E-state index contributed by atoms with van der Waals surface area (Å²) >= 11 is 0. The molecule has 1 spiro atoms. The molecule has 0 aliphatic carbocycles.